The van der Waals surface area contributed by atoms with Crippen molar-refractivity contribution >= 4 is 28.5 Å². The lowest BCUT2D eigenvalue weighted by Gasteiger charge is -1.96. The molecule has 0 fully saturated rings. The summed E-state index contributed by atoms with van der Waals surface area (Å²) in [5, 5.41) is 0.596. The summed E-state index contributed by atoms with van der Waals surface area (Å²) < 4.78 is 5.52. The van der Waals surface area contributed by atoms with Crippen molar-refractivity contribution in [1.82, 2.24) is 4.98 Å². The number of aromatic nitrogens is 1. The van der Waals surface area contributed by atoms with Crippen LogP contribution in [0.25, 0.3) is 11.1 Å². The molecule has 0 spiro atoms. The highest BCUT2D eigenvalue weighted by atomic mass is 35.5. The molecule has 0 aliphatic heterocycles. The molecule has 0 N–H and O–H groups in total. The highest BCUT2D eigenvalue weighted by Gasteiger charge is 2.15. The molecule has 19 heavy (non-hydrogen) atoms. The monoisotopic (exact) mass is 271 g/mol. The van der Waals surface area contributed by atoms with E-state index < -0.39 is 0 Å². The Morgan fingerprint density at radius 2 is 1.89 bits per heavy atom. The molecule has 94 valence electrons. The van der Waals surface area contributed by atoms with E-state index in [0.29, 0.717) is 21.7 Å². The number of pyridine rings is 1. The first kappa shape index (κ1) is 11.9. The maximum absolute atomic E-state index is 12.2. The average molecular weight is 272 g/mol. The van der Waals surface area contributed by atoms with Crippen LogP contribution < -0.4 is 0 Å². The number of carbonyl (C=O) groups is 1. The van der Waals surface area contributed by atoms with Crippen molar-refractivity contribution in [3.8, 4) is 0 Å². The number of benzene rings is 1. The van der Waals surface area contributed by atoms with E-state index in [1.54, 1.807) is 30.3 Å². The lowest BCUT2D eigenvalue weighted by Crippen LogP contribution is -1.98. The smallest absolute Gasteiger partial charge is 0.228 e. The Labute approximate surface area is 114 Å². The number of nitrogens with zero attached hydrogens (tertiary/aromatic N) is 1. The van der Waals surface area contributed by atoms with Crippen LogP contribution in [0.2, 0.25) is 5.02 Å². The van der Waals surface area contributed by atoms with Crippen molar-refractivity contribution in [2.24, 2.45) is 0 Å². The van der Waals surface area contributed by atoms with Gasteiger partial charge in [-0.2, -0.15) is 0 Å². The Morgan fingerprint density at radius 1 is 1.16 bits per heavy atom. The zero-order valence-electron chi connectivity index (χ0n) is 10.2. The maximum Gasteiger partial charge on any atom is 0.228 e. The van der Waals surface area contributed by atoms with Gasteiger partial charge in [0.1, 0.15) is 5.52 Å². The quantitative estimate of drug-likeness (QED) is 0.661. The fraction of sp³-hybridized carbons (Fsp3) is 0.0667. The first-order chi connectivity index (χ1) is 9.13. The minimum Gasteiger partial charge on any atom is -0.451 e. The Hall–Kier alpha value is -2.13. The molecule has 0 saturated carbocycles. The van der Waals surface area contributed by atoms with Gasteiger partial charge in [-0.3, -0.25) is 4.79 Å². The number of aryl methyl sites for hydroxylation is 1. The van der Waals surface area contributed by atoms with Gasteiger partial charge in [-0.1, -0.05) is 11.6 Å². The Balaban J connectivity index is 2.04. The summed E-state index contributed by atoms with van der Waals surface area (Å²) in [6, 6.07) is 12.0. The fourth-order valence-electron chi connectivity index (χ4n) is 1.88. The second kappa shape index (κ2) is 4.52. The number of carbonyl (C=O) groups excluding carboxylic acids is 1. The first-order valence-electron chi connectivity index (χ1n) is 5.81. The van der Waals surface area contributed by atoms with E-state index in [4.69, 9.17) is 16.0 Å². The van der Waals surface area contributed by atoms with Crippen LogP contribution in [0.1, 0.15) is 21.8 Å². The van der Waals surface area contributed by atoms with Crippen molar-refractivity contribution in [3.05, 3.63) is 64.5 Å². The molecule has 0 saturated heterocycles. The molecule has 2 aromatic heterocycles. The number of halogens is 1. The standard InChI is InChI=1S/C15H10ClNO2/c1-9-2-7-13-12(17-9)8-14(19-13)15(18)10-3-5-11(16)6-4-10/h2-8H,1H3. The van der Waals surface area contributed by atoms with Crippen molar-refractivity contribution in [2.45, 2.75) is 6.92 Å². The Kier molecular flexibility index (Phi) is 2.84. The topological polar surface area (TPSA) is 43.1 Å². The summed E-state index contributed by atoms with van der Waals surface area (Å²) in [4.78, 5) is 16.6. The minimum absolute atomic E-state index is 0.174. The number of furan rings is 1. The third-order valence-electron chi connectivity index (χ3n) is 2.84. The summed E-state index contributed by atoms with van der Waals surface area (Å²) in [6.45, 7) is 1.90. The molecule has 2 heterocycles. The van der Waals surface area contributed by atoms with Crippen LogP contribution in [0.3, 0.4) is 0 Å². The fourth-order valence-corrected chi connectivity index (χ4v) is 2.01. The van der Waals surface area contributed by atoms with Gasteiger partial charge in [-0.15, -0.1) is 0 Å². The average Bonchev–Trinajstić information content (AvgIpc) is 2.81. The third kappa shape index (κ3) is 2.25. The molecular weight excluding hydrogens is 262 g/mol. The number of hydrogen-bond donors (Lipinski definition) is 0. The second-order valence-electron chi connectivity index (χ2n) is 4.28. The Bertz CT molecular complexity index is 759. The molecule has 0 radical (unpaired) electrons. The molecule has 3 aromatic rings. The molecule has 0 aliphatic carbocycles. The molecule has 0 unspecified atom stereocenters. The van der Waals surface area contributed by atoms with Crippen LogP contribution in [0.5, 0.6) is 0 Å². The summed E-state index contributed by atoms with van der Waals surface area (Å²) in [5.41, 5.74) is 2.74. The van der Waals surface area contributed by atoms with E-state index >= 15 is 0 Å². The number of rotatable bonds is 2. The van der Waals surface area contributed by atoms with E-state index in [1.807, 2.05) is 19.1 Å². The summed E-state index contributed by atoms with van der Waals surface area (Å²) in [7, 11) is 0. The van der Waals surface area contributed by atoms with E-state index in [2.05, 4.69) is 4.98 Å². The molecule has 0 amide bonds. The number of ketones is 1. The van der Waals surface area contributed by atoms with Gasteiger partial charge in [0, 0.05) is 22.3 Å². The second-order valence-corrected chi connectivity index (χ2v) is 4.72. The Morgan fingerprint density at radius 3 is 2.63 bits per heavy atom. The van der Waals surface area contributed by atoms with Crippen LogP contribution in [-0.2, 0) is 0 Å². The van der Waals surface area contributed by atoms with E-state index in [9.17, 15) is 4.79 Å². The van der Waals surface area contributed by atoms with Gasteiger partial charge in [0.25, 0.3) is 0 Å². The van der Waals surface area contributed by atoms with E-state index in [1.165, 1.54) is 0 Å². The minimum atomic E-state index is -0.174. The predicted molar refractivity (Wildman–Crippen MR) is 73.6 cm³/mol. The molecule has 3 nitrogen and oxygen atoms in total. The molecule has 1 aromatic carbocycles. The largest absolute Gasteiger partial charge is 0.451 e. The van der Waals surface area contributed by atoms with Crippen LogP contribution in [-0.4, -0.2) is 10.8 Å². The summed E-state index contributed by atoms with van der Waals surface area (Å²) in [6.07, 6.45) is 0. The van der Waals surface area contributed by atoms with Gasteiger partial charge < -0.3 is 4.42 Å². The van der Waals surface area contributed by atoms with E-state index in [0.717, 1.165) is 5.69 Å². The van der Waals surface area contributed by atoms with Gasteiger partial charge in [0.2, 0.25) is 5.78 Å². The lowest BCUT2D eigenvalue weighted by molar-refractivity contribution is 0.101. The highest BCUT2D eigenvalue weighted by Crippen LogP contribution is 2.21. The van der Waals surface area contributed by atoms with Gasteiger partial charge in [0.05, 0.1) is 0 Å². The molecular formula is C15H10ClNO2. The molecule has 0 atom stereocenters. The van der Waals surface area contributed by atoms with E-state index in [-0.39, 0.29) is 11.5 Å². The van der Waals surface area contributed by atoms with Crippen molar-refractivity contribution in [1.29, 1.82) is 0 Å². The van der Waals surface area contributed by atoms with Crippen molar-refractivity contribution in [2.75, 3.05) is 0 Å². The van der Waals surface area contributed by atoms with Gasteiger partial charge in [-0.05, 0) is 43.3 Å². The van der Waals surface area contributed by atoms with Crippen LogP contribution >= 0.6 is 11.6 Å². The lowest BCUT2D eigenvalue weighted by atomic mass is 10.1. The first-order valence-corrected chi connectivity index (χ1v) is 6.19. The summed E-state index contributed by atoms with van der Waals surface area (Å²) in [5.74, 6) is 0.114. The highest BCUT2D eigenvalue weighted by molar-refractivity contribution is 6.30. The van der Waals surface area contributed by atoms with Crippen LogP contribution in [0, 0.1) is 6.92 Å². The van der Waals surface area contributed by atoms with Crippen molar-refractivity contribution in [3.63, 3.8) is 0 Å². The van der Waals surface area contributed by atoms with Crippen molar-refractivity contribution < 1.29 is 9.21 Å². The molecule has 4 heteroatoms. The van der Waals surface area contributed by atoms with Gasteiger partial charge in [-0.25, -0.2) is 4.98 Å². The van der Waals surface area contributed by atoms with Gasteiger partial charge in [0.15, 0.2) is 11.3 Å². The normalized spacial score (nSPS) is 10.8. The third-order valence-corrected chi connectivity index (χ3v) is 3.10. The van der Waals surface area contributed by atoms with Crippen LogP contribution in [0.4, 0.5) is 0 Å². The summed E-state index contributed by atoms with van der Waals surface area (Å²) >= 11 is 5.80. The van der Waals surface area contributed by atoms with Crippen LogP contribution in [0.15, 0.2) is 46.9 Å². The zero-order chi connectivity index (χ0) is 13.4. The SMILES string of the molecule is Cc1ccc2oc(C(=O)c3ccc(Cl)cc3)cc2n1. The zero-order valence-corrected chi connectivity index (χ0v) is 10.9. The number of fused-ring (bicyclic) bond motifs is 1. The molecule has 0 aliphatic rings. The molecule has 3 rings (SSSR count). The maximum atomic E-state index is 12.2. The molecule has 0 bridgehead atoms. The predicted octanol–water partition coefficient (Wildman–Crippen LogP) is 4.02. The number of hydrogen-bond acceptors (Lipinski definition) is 3. The van der Waals surface area contributed by atoms with Gasteiger partial charge >= 0.3 is 0 Å².